The van der Waals surface area contributed by atoms with Crippen molar-refractivity contribution in [3.05, 3.63) is 17.0 Å². The highest BCUT2D eigenvalue weighted by Crippen LogP contribution is 2.19. The van der Waals surface area contributed by atoms with Gasteiger partial charge in [-0.3, -0.25) is 0 Å². The number of thiophene rings is 1. The zero-order valence-electron chi connectivity index (χ0n) is 11.0. The fourth-order valence-corrected chi connectivity index (χ4v) is 3.95. The first-order valence-corrected chi connectivity index (χ1v) is 8.68. The predicted molar refractivity (Wildman–Crippen MR) is 76.4 cm³/mol. The third-order valence-electron chi connectivity index (χ3n) is 2.60. The number of rotatable bonds is 9. The highest BCUT2D eigenvalue weighted by atomic mass is 32.2. The van der Waals surface area contributed by atoms with Crippen LogP contribution in [-0.2, 0) is 16.6 Å². The second-order valence-corrected chi connectivity index (χ2v) is 7.17. The van der Waals surface area contributed by atoms with Crippen LogP contribution in [0.25, 0.3) is 0 Å². The summed E-state index contributed by atoms with van der Waals surface area (Å²) in [7, 11) is -1.46. The van der Waals surface area contributed by atoms with Crippen LogP contribution in [0.1, 0.15) is 38.2 Å². The van der Waals surface area contributed by atoms with Gasteiger partial charge in [0.05, 0.1) is 0 Å². The summed E-state index contributed by atoms with van der Waals surface area (Å²) in [5, 5.41) is 4.88. The Labute approximate surface area is 114 Å². The van der Waals surface area contributed by atoms with Crippen molar-refractivity contribution in [1.82, 2.24) is 10.0 Å². The highest BCUT2D eigenvalue weighted by molar-refractivity contribution is 7.91. The largest absolute Gasteiger partial charge is 0.316 e. The molecule has 0 bridgehead atoms. The molecule has 0 amide bonds. The molecule has 0 saturated carbocycles. The molecule has 1 aromatic heterocycles. The molecule has 1 rings (SSSR count). The van der Waals surface area contributed by atoms with Gasteiger partial charge in [-0.1, -0.05) is 26.2 Å². The van der Waals surface area contributed by atoms with Crippen LogP contribution in [0, 0.1) is 0 Å². The van der Waals surface area contributed by atoms with E-state index in [1.807, 2.05) is 12.4 Å². The van der Waals surface area contributed by atoms with E-state index in [1.54, 1.807) is 6.07 Å². The van der Waals surface area contributed by atoms with E-state index < -0.39 is 10.0 Å². The molecule has 104 valence electrons. The molecule has 2 N–H and O–H groups in total. The summed E-state index contributed by atoms with van der Waals surface area (Å²) >= 11 is 1.27. The summed E-state index contributed by atoms with van der Waals surface area (Å²) < 4.78 is 27.0. The maximum Gasteiger partial charge on any atom is 0.250 e. The normalized spacial score (nSPS) is 11.9. The number of nitrogens with one attached hydrogen (secondary N) is 2. The second kappa shape index (κ2) is 7.89. The van der Waals surface area contributed by atoms with Gasteiger partial charge in [-0.15, -0.1) is 11.3 Å². The predicted octanol–water partition coefficient (Wildman–Crippen LogP) is 2.33. The van der Waals surface area contributed by atoms with Crippen molar-refractivity contribution in [2.45, 2.75) is 43.4 Å². The first-order valence-electron chi connectivity index (χ1n) is 6.32. The van der Waals surface area contributed by atoms with Gasteiger partial charge in [-0.2, -0.15) is 0 Å². The van der Waals surface area contributed by atoms with Crippen LogP contribution in [0.4, 0.5) is 0 Å². The van der Waals surface area contributed by atoms with Crippen LogP contribution >= 0.6 is 11.3 Å². The minimum atomic E-state index is -3.30. The molecule has 18 heavy (non-hydrogen) atoms. The van der Waals surface area contributed by atoms with Crippen LogP contribution in [-0.4, -0.2) is 22.0 Å². The lowest BCUT2D eigenvalue weighted by molar-refractivity contribution is 0.575. The number of sulfonamides is 1. The fraction of sp³-hybridized carbons (Fsp3) is 0.667. The Morgan fingerprint density at radius 2 is 2.06 bits per heavy atom. The average Bonchev–Trinajstić information content (AvgIpc) is 2.79. The summed E-state index contributed by atoms with van der Waals surface area (Å²) in [5.74, 6) is 0. The standard InChI is InChI=1S/C12H22N2O2S2/c1-3-4-5-6-7-14-18(15,16)12-8-11(9-13-2)10-17-12/h8,10,13-14H,3-7,9H2,1-2H3. The van der Waals surface area contributed by atoms with Gasteiger partial charge >= 0.3 is 0 Å². The van der Waals surface area contributed by atoms with Crippen LogP contribution in [0.5, 0.6) is 0 Å². The van der Waals surface area contributed by atoms with E-state index in [4.69, 9.17) is 0 Å². The van der Waals surface area contributed by atoms with Crippen molar-refractivity contribution in [2.24, 2.45) is 0 Å². The Morgan fingerprint density at radius 3 is 2.72 bits per heavy atom. The maximum absolute atomic E-state index is 12.0. The summed E-state index contributed by atoms with van der Waals surface area (Å²) in [5.41, 5.74) is 1.01. The third-order valence-corrected chi connectivity index (χ3v) is 5.55. The van der Waals surface area contributed by atoms with Crippen molar-refractivity contribution >= 4 is 21.4 Å². The summed E-state index contributed by atoms with van der Waals surface area (Å²) in [4.78, 5) is 0. The Bertz CT molecular complexity index is 441. The maximum atomic E-state index is 12.0. The van der Waals surface area contributed by atoms with E-state index in [0.29, 0.717) is 17.3 Å². The molecule has 1 aromatic rings. The quantitative estimate of drug-likeness (QED) is 0.686. The molecule has 0 saturated heterocycles. The molecule has 0 radical (unpaired) electrons. The molecule has 1 heterocycles. The van der Waals surface area contributed by atoms with Crippen molar-refractivity contribution in [3.8, 4) is 0 Å². The Kier molecular flexibility index (Phi) is 6.85. The summed E-state index contributed by atoms with van der Waals surface area (Å²) in [6.45, 7) is 3.36. The first kappa shape index (κ1) is 15.6. The summed E-state index contributed by atoms with van der Waals surface area (Å²) in [6, 6.07) is 1.73. The van der Waals surface area contributed by atoms with Crippen LogP contribution in [0.3, 0.4) is 0 Å². The average molecular weight is 290 g/mol. The third kappa shape index (κ3) is 5.06. The minimum Gasteiger partial charge on any atom is -0.316 e. The van der Waals surface area contributed by atoms with E-state index in [-0.39, 0.29) is 0 Å². The van der Waals surface area contributed by atoms with E-state index in [9.17, 15) is 8.42 Å². The zero-order valence-corrected chi connectivity index (χ0v) is 12.7. The van der Waals surface area contributed by atoms with Gasteiger partial charge in [0.15, 0.2) is 0 Å². The van der Waals surface area contributed by atoms with Gasteiger partial charge in [0.25, 0.3) is 0 Å². The van der Waals surface area contributed by atoms with E-state index in [1.165, 1.54) is 11.3 Å². The van der Waals surface area contributed by atoms with Crippen molar-refractivity contribution in [2.75, 3.05) is 13.6 Å². The molecule has 0 fully saturated rings. The molecule has 0 aromatic carbocycles. The monoisotopic (exact) mass is 290 g/mol. The van der Waals surface area contributed by atoms with Crippen molar-refractivity contribution in [1.29, 1.82) is 0 Å². The minimum absolute atomic E-state index is 0.406. The Hall–Kier alpha value is -0.430. The Morgan fingerprint density at radius 1 is 1.28 bits per heavy atom. The molecule has 0 spiro atoms. The SMILES string of the molecule is CCCCCCNS(=O)(=O)c1cc(CNC)cs1. The van der Waals surface area contributed by atoms with Crippen LogP contribution < -0.4 is 10.0 Å². The smallest absolute Gasteiger partial charge is 0.250 e. The van der Waals surface area contributed by atoms with Gasteiger partial charge < -0.3 is 5.32 Å². The van der Waals surface area contributed by atoms with Crippen molar-refractivity contribution < 1.29 is 8.42 Å². The van der Waals surface area contributed by atoms with Gasteiger partial charge in [0, 0.05) is 13.1 Å². The fourth-order valence-electron chi connectivity index (χ4n) is 1.62. The molecule has 0 aliphatic carbocycles. The van der Waals surface area contributed by atoms with E-state index in [0.717, 1.165) is 31.2 Å². The first-order chi connectivity index (χ1) is 8.60. The molecule has 0 aliphatic rings. The molecular formula is C12H22N2O2S2. The number of hydrogen-bond donors (Lipinski definition) is 2. The molecular weight excluding hydrogens is 268 g/mol. The number of hydrogen-bond acceptors (Lipinski definition) is 4. The van der Waals surface area contributed by atoms with Gasteiger partial charge in [0.1, 0.15) is 4.21 Å². The van der Waals surface area contributed by atoms with Crippen molar-refractivity contribution in [3.63, 3.8) is 0 Å². The molecule has 0 atom stereocenters. The van der Waals surface area contributed by atoms with Crippen LogP contribution in [0.15, 0.2) is 15.7 Å². The molecule has 0 unspecified atom stereocenters. The number of unbranched alkanes of at least 4 members (excludes halogenated alkanes) is 3. The van der Waals surface area contributed by atoms with E-state index >= 15 is 0 Å². The topological polar surface area (TPSA) is 58.2 Å². The molecule has 0 aliphatic heterocycles. The highest BCUT2D eigenvalue weighted by Gasteiger charge is 2.15. The lowest BCUT2D eigenvalue weighted by atomic mass is 10.2. The van der Waals surface area contributed by atoms with E-state index in [2.05, 4.69) is 17.0 Å². The van der Waals surface area contributed by atoms with Gasteiger partial charge in [-0.05, 0) is 30.5 Å². The van der Waals surface area contributed by atoms with Gasteiger partial charge in [0.2, 0.25) is 10.0 Å². The lowest BCUT2D eigenvalue weighted by Gasteiger charge is -2.04. The Balaban J connectivity index is 2.46. The molecule has 4 nitrogen and oxygen atoms in total. The van der Waals surface area contributed by atoms with Gasteiger partial charge in [-0.25, -0.2) is 13.1 Å². The van der Waals surface area contributed by atoms with Crippen LogP contribution in [0.2, 0.25) is 0 Å². The molecule has 6 heteroatoms. The summed E-state index contributed by atoms with van der Waals surface area (Å²) in [6.07, 6.45) is 4.30. The zero-order chi connectivity index (χ0) is 13.4. The lowest BCUT2D eigenvalue weighted by Crippen LogP contribution is -2.24. The second-order valence-electron chi connectivity index (χ2n) is 4.26.